The van der Waals surface area contributed by atoms with Crippen LogP contribution in [0.4, 0.5) is 0 Å². The predicted octanol–water partition coefficient (Wildman–Crippen LogP) is -0.227. The van der Waals surface area contributed by atoms with E-state index in [0.717, 1.165) is 0 Å². The van der Waals surface area contributed by atoms with E-state index in [4.69, 9.17) is 10.5 Å². The van der Waals surface area contributed by atoms with Crippen molar-refractivity contribution in [2.75, 3.05) is 26.8 Å². The number of nitrogens with two attached hydrogens (primary N) is 1. The van der Waals surface area contributed by atoms with E-state index in [1.165, 1.54) is 0 Å². The SMILES string of the molecule is COCCNC(=O)CCNC(=O)CCC(C)(C)N. The standard InChI is InChI=1S/C12H25N3O3/c1-12(2,13)6-4-10(16)14-7-5-11(17)15-8-9-18-3/h4-9,13H2,1-3H3,(H,14,16)(H,15,17). The normalized spacial score (nSPS) is 11.1. The molecule has 0 heterocycles. The summed E-state index contributed by atoms with van der Waals surface area (Å²) in [6, 6.07) is 0. The molecule has 2 amide bonds. The summed E-state index contributed by atoms with van der Waals surface area (Å²) in [4.78, 5) is 22.7. The molecule has 0 radical (unpaired) electrons. The smallest absolute Gasteiger partial charge is 0.221 e. The first-order chi connectivity index (χ1) is 8.35. The highest BCUT2D eigenvalue weighted by molar-refractivity contribution is 5.78. The molecule has 0 aliphatic rings. The third-order valence-corrected chi connectivity index (χ3v) is 2.30. The molecular formula is C12H25N3O3. The van der Waals surface area contributed by atoms with Crippen LogP contribution in [0.5, 0.6) is 0 Å². The van der Waals surface area contributed by atoms with Crippen molar-refractivity contribution in [3.8, 4) is 0 Å². The number of hydrogen-bond donors (Lipinski definition) is 3. The summed E-state index contributed by atoms with van der Waals surface area (Å²) in [6.07, 6.45) is 1.29. The molecule has 0 fully saturated rings. The van der Waals surface area contributed by atoms with Crippen molar-refractivity contribution >= 4 is 11.8 Å². The van der Waals surface area contributed by atoms with Crippen LogP contribution in [0.2, 0.25) is 0 Å². The van der Waals surface area contributed by atoms with Gasteiger partial charge < -0.3 is 21.1 Å². The van der Waals surface area contributed by atoms with E-state index in [1.807, 2.05) is 13.8 Å². The van der Waals surface area contributed by atoms with Crippen LogP contribution in [0.3, 0.4) is 0 Å². The number of ether oxygens (including phenoxy) is 1. The second-order valence-corrected chi connectivity index (χ2v) is 4.93. The van der Waals surface area contributed by atoms with Crippen molar-refractivity contribution in [3.05, 3.63) is 0 Å². The number of methoxy groups -OCH3 is 1. The van der Waals surface area contributed by atoms with Gasteiger partial charge in [-0.1, -0.05) is 0 Å². The third-order valence-electron chi connectivity index (χ3n) is 2.30. The van der Waals surface area contributed by atoms with Crippen LogP contribution in [0.25, 0.3) is 0 Å². The Hall–Kier alpha value is -1.14. The molecular weight excluding hydrogens is 234 g/mol. The molecule has 6 nitrogen and oxygen atoms in total. The number of hydrogen-bond acceptors (Lipinski definition) is 4. The van der Waals surface area contributed by atoms with E-state index >= 15 is 0 Å². The summed E-state index contributed by atoms with van der Waals surface area (Å²) in [5, 5.41) is 5.37. The Balaban J connectivity index is 3.53. The van der Waals surface area contributed by atoms with Crippen LogP contribution < -0.4 is 16.4 Å². The quantitative estimate of drug-likeness (QED) is 0.499. The Kier molecular flexibility index (Phi) is 8.32. The first kappa shape index (κ1) is 16.9. The fourth-order valence-electron chi connectivity index (χ4n) is 1.22. The minimum absolute atomic E-state index is 0.0711. The first-order valence-corrected chi connectivity index (χ1v) is 6.16. The summed E-state index contributed by atoms with van der Waals surface area (Å²) in [7, 11) is 1.57. The topological polar surface area (TPSA) is 93.5 Å². The predicted molar refractivity (Wildman–Crippen MR) is 70.0 cm³/mol. The molecule has 0 atom stereocenters. The number of nitrogens with one attached hydrogen (secondary N) is 2. The number of rotatable bonds is 9. The van der Waals surface area contributed by atoms with Gasteiger partial charge in [0, 0.05) is 38.6 Å². The van der Waals surface area contributed by atoms with Crippen LogP contribution in [0.1, 0.15) is 33.1 Å². The maximum Gasteiger partial charge on any atom is 0.221 e. The molecule has 0 bridgehead atoms. The Labute approximate surface area is 109 Å². The zero-order valence-corrected chi connectivity index (χ0v) is 11.5. The van der Waals surface area contributed by atoms with Crippen LogP contribution in [0, 0.1) is 0 Å². The van der Waals surface area contributed by atoms with Gasteiger partial charge in [-0.25, -0.2) is 0 Å². The molecule has 0 aromatic carbocycles. The summed E-state index contributed by atoms with van der Waals surface area (Å²) in [5.41, 5.74) is 5.43. The molecule has 0 aliphatic carbocycles. The highest BCUT2D eigenvalue weighted by Crippen LogP contribution is 2.06. The van der Waals surface area contributed by atoms with Crippen molar-refractivity contribution in [1.82, 2.24) is 10.6 Å². The van der Waals surface area contributed by atoms with Crippen molar-refractivity contribution in [2.45, 2.75) is 38.6 Å². The number of carbonyl (C=O) groups is 2. The van der Waals surface area contributed by atoms with Crippen LogP contribution in [-0.4, -0.2) is 44.2 Å². The van der Waals surface area contributed by atoms with E-state index in [9.17, 15) is 9.59 Å². The van der Waals surface area contributed by atoms with Gasteiger partial charge in [-0.3, -0.25) is 9.59 Å². The highest BCUT2D eigenvalue weighted by Gasteiger charge is 2.13. The maximum atomic E-state index is 11.4. The molecule has 6 heteroatoms. The van der Waals surface area contributed by atoms with Crippen molar-refractivity contribution < 1.29 is 14.3 Å². The van der Waals surface area contributed by atoms with Crippen LogP contribution >= 0.6 is 0 Å². The van der Waals surface area contributed by atoms with Gasteiger partial charge in [0.25, 0.3) is 0 Å². The van der Waals surface area contributed by atoms with Gasteiger partial charge in [0.05, 0.1) is 6.61 Å². The lowest BCUT2D eigenvalue weighted by molar-refractivity contribution is -0.122. The van der Waals surface area contributed by atoms with Gasteiger partial charge in [0.15, 0.2) is 0 Å². The molecule has 4 N–H and O–H groups in total. The summed E-state index contributed by atoms with van der Waals surface area (Å²) < 4.78 is 4.80. The molecule has 0 aromatic heterocycles. The minimum atomic E-state index is -0.338. The molecule has 0 unspecified atom stereocenters. The Bertz CT molecular complexity index is 262. The molecule has 106 valence electrons. The second kappa shape index (κ2) is 8.88. The summed E-state index contributed by atoms with van der Waals surface area (Å²) in [6.45, 7) is 5.09. The lowest BCUT2D eigenvalue weighted by Gasteiger charge is -2.17. The van der Waals surface area contributed by atoms with Crippen molar-refractivity contribution in [3.63, 3.8) is 0 Å². The molecule has 0 aliphatic heterocycles. The molecule has 0 saturated carbocycles. The van der Waals surface area contributed by atoms with Gasteiger partial charge in [0.1, 0.15) is 0 Å². The fraction of sp³-hybridized carbons (Fsp3) is 0.833. The van der Waals surface area contributed by atoms with E-state index in [0.29, 0.717) is 32.5 Å². The first-order valence-electron chi connectivity index (χ1n) is 6.16. The number of amides is 2. The average molecular weight is 259 g/mol. The lowest BCUT2D eigenvalue weighted by atomic mass is 10.00. The fourth-order valence-corrected chi connectivity index (χ4v) is 1.22. The Morgan fingerprint density at radius 2 is 1.67 bits per heavy atom. The summed E-state index contributed by atoms with van der Waals surface area (Å²) in [5.74, 6) is -0.162. The van der Waals surface area contributed by atoms with Gasteiger partial charge in [-0.05, 0) is 20.3 Å². The monoisotopic (exact) mass is 259 g/mol. The Morgan fingerprint density at radius 3 is 2.22 bits per heavy atom. The molecule has 0 rings (SSSR count). The van der Waals surface area contributed by atoms with E-state index in [-0.39, 0.29) is 23.8 Å². The van der Waals surface area contributed by atoms with Gasteiger partial charge in [-0.15, -0.1) is 0 Å². The summed E-state index contributed by atoms with van der Waals surface area (Å²) >= 11 is 0. The maximum absolute atomic E-state index is 11.4. The van der Waals surface area contributed by atoms with Crippen LogP contribution in [-0.2, 0) is 14.3 Å². The van der Waals surface area contributed by atoms with Crippen molar-refractivity contribution in [2.24, 2.45) is 5.73 Å². The molecule has 0 spiro atoms. The van der Waals surface area contributed by atoms with Crippen molar-refractivity contribution in [1.29, 1.82) is 0 Å². The van der Waals surface area contributed by atoms with E-state index < -0.39 is 0 Å². The molecule has 18 heavy (non-hydrogen) atoms. The highest BCUT2D eigenvalue weighted by atomic mass is 16.5. The van der Waals surface area contributed by atoms with Crippen LogP contribution in [0.15, 0.2) is 0 Å². The van der Waals surface area contributed by atoms with Gasteiger partial charge in [-0.2, -0.15) is 0 Å². The average Bonchev–Trinajstić information content (AvgIpc) is 2.26. The lowest BCUT2D eigenvalue weighted by Crippen LogP contribution is -2.35. The zero-order chi connectivity index (χ0) is 14.0. The largest absolute Gasteiger partial charge is 0.383 e. The van der Waals surface area contributed by atoms with E-state index in [1.54, 1.807) is 7.11 Å². The zero-order valence-electron chi connectivity index (χ0n) is 11.5. The van der Waals surface area contributed by atoms with Gasteiger partial charge >= 0.3 is 0 Å². The van der Waals surface area contributed by atoms with E-state index in [2.05, 4.69) is 10.6 Å². The molecule has 0 aromatic rings. The minimum Gasteiger partial charge on any atom is -0.383 e. The Morgan fingerprint density at radius 1 is 1.11 bits per heavy atom. The third kappa shape index (κ3) is 11.3. The van der Waals surface area contributed by atoms with Gasteiger partial charge in [0.2, 0.25) is 11.8 Å². The second-order valence-electron chi connectivity index (χ2n) is 4.93. The molecule has 0 saturated heterocycles. The number of carbonyl (C=O) groups excluding carboxylic acids is 2.